The topological polar surface area (TPSA) is 67.2 Å². The third-order valence-electron chi connectivity index (χ3n) is 5.12. The summed E-state index contributed by atoms with van der Waals surface area (Å²) >= 11 is 0. The Hall–Kier alpha value is -1.85. The molecule has 1 saturated heterocycles. The molecule has 1 atom stereocenters. The van der Waals surface area contributed by atoms with E-state index in [2.05, 4.69) is 22.5 Å². The van der Waals surface area contributed by atoms with Crippen LogP contribution in [0.4, 0.5) is 5.69 Å². The number of hydrogen-bond donors (Lipinski definition) is 2. The molecule has 26 heavy (non-hydrogen) atoms. The predicted octanol–water partition coefficient (Wildman–Crippen LogP) is 4.34. The van der Waals surface area contributed by atoms with Gasteiger partial charge >= 0.3 is 0 Å². The van der Waals surface area contributed by atoms with Crippen molar-refractivity contribution in [2.24, 2.45) is 11.8 Å². The van der Waals surface area contributed by atoms with Crippen LogP contribution < -0.4 is 10.6 Å². The molecule has 0 radical (unpaired) electrons. The molecule has 2 heterocycles. The number of nitrogens with zero attached hydrogens (tertiary/aromatic N) is 1. The number of hydrogen-bond acceptors (Lipinski definition) is 4. The lowest BCUT2D eigenvalue weighted by Crippen LogP contribution is -2.32. The Morgan fingerprint density at radius 1 is 1.35 bits per heavy atom. The molecule has 0 spiro atoms. The van der Waals surface area contributed by atoms with Gasteiger partial charge in [0.1, 0.15) is 5.76 Å². The van der Waals surface area contributed by atoms with Crippen LogP contribution in [0.1, 0.15) is 37.6 Å². The third kappa shape index (κ3) is 5.08. The van der Waals surface area contributed by atoms with Crippen LogP contribution in [0.25, 0.3) is 11.5 Å². The Morgan fingerprint density at radius 3 is 2.73 bits per heavy atom. The number of carbonyl (C=O) groups excluding carboxylic acids is 1. The Morgan fingerprint density at radius 2 is 2.08 bits per heavy atom. The number of amides is 1. The zero-order chi connectivity index (χ0) is 17.8. The molecule has 0 bridgehead atoms. The van der Waals surface area contributed by atoms with Gasteiger partial charge in [0.25, 0.3) is 0 Å². The summed E-state index contributed by atoms with van der Waals surface area (Å²) in [4.78, 5) is 16.8. The van der Waals surface area contributed by atoms with Crippen LogP contribution in [0.3, 0.4) is 0 Å². The second-order valence-corrected chi connectivity index (χ2v) is 7.06. The highest BCUT2D eigenvalue weighted by Crippen LogP contribution is 2.26. The maximum atomic E-state index is 12.4. The molecular weight excluding hydrogens is 350 g/mol. The van der Waals surface area contributed by atoms with E-state index in [4.69, 9.17) is 4.42 Å². The number of oxazole rings is 1. The number of aromatic nitrogens is 1. The number of piperidine rings is 1. The van der Waals surface area contributed by atoms with Gasteiger partial charge in [0.15, 0.2) is 0 Å². The van der Waals surface area contributed by atoms with Crippen molar-refractivity contribution in [2.45, 2.75) is 40.0 Å². The Labute approximate surface area is 161 Å². The van der Waals surface area contributed by atoms with Gasteiger partial charge in [0.05, 0.1) is 5.69 Å². The van der Waals surface area contributed by atoms with Crippen LogP contribution in [0, 0.1) is 25.7 Å². The van der Waals surface area contributed by atoms with Crippen LogP contribution >= 0.6 is 12.4 Å². The molecule has 2 N–H and O–H groups in total. The number of anilines is 1. The van der Waals surface area contributed by atoms with Crippen molar-refractivity contribution in [1.82, 2.24) is 10.3 Å². The Balaban J connectivity index is 0.00000243. The summed E-state index contributed by atoms with van der Waals surface area (Å²) in [5, 5.41) is 6.39. The maximum absolute atomic E-state index is 12.4. The number of halogens is 1. The smallest absolute Gasteiger partial charge is 0.226 e. The van der Waals surface area contributed by atoms with E-state index in [0.717, 1.165) is 48.6 Å². The van der Waals surface area contributed by atoms with Crippen molar-refractivity contribution in [3.63, 3.8) is 0 Å². The van der Waals surface area contributed by atoms with Crippen LogP contribution in [-0.2, 0) is 4.79 Å². The summed E-state index contributed by atoms with van der Waals surface area (Å²) in [6, 6.07) is 7.67. The molecule has 5 nitrogen and oxygen atoms in total. The largest absolute Gasteiger partial charge is 0.441 e. The van der Waals surface area contributed by atoms with Gasteiger partial charge in [-0.3, -0.25) is 4.79 Å². The number of nitrogens with one attached hydrogen (secondary N) is 2. The number of benzene rings is 1. The molecule has 1 amide bonds. The van der Waals surface area contributed by atoms with E-state index < -0.39 is 0 Å². The first-order chi connectivity index (χ1) is 12.0. The van der Waals surface area contributed by atoms with E-state index >= 15 is 0 Å². The molecule has 1 aliphatic rings. The van der Waals surface area contributed by atoms with Gasteiger partial charge in [-0.15, -0.1) is 12.4 Å². The van der Waals surface area contributed by atoms with Crippen LogP contribution in [0.2, 0.25) is 0 Å². The first-order valence-corrected chi connectivity index (χ1v) is 9.08. The van der Waals surface area contributed by atoms with Gasteiger partial charge in [-0.2, -0.15) is 0 Å². The monoisotopic (exact) mass is 377 g/mol. The number of carbonyl (C=O) groups is 1. The van der Waals surface area contributed by atoms with E-state index in [9.17, 15) is 4.79 Å². The molecule has 1 aromatic carbocycles. The number of aryl methyl sites for hydroxylation is 2. The van der Waals surface area contributed by atoms with E-state index in [1.54, 1.807) is 0 Å². The lowest BCUT2D eigenvalue weighted by atomic mass is 9.84. The second kappa shape index (κ2) is 9.19. The fourth-order valence-electron chi connectivity index (χ4n) is 3.41. The summed E-state index contributed by atoms with van der Waals surface area (Å²) in [7, 11) is 0. The predicted molar refractivity (Wildman–Crippen MR) is 107 cm³/mol. The van der Waals surface area contributed by atoms with Crippen LogP contribution in [0.15, 0.2) is 28.7 Å². The van der Waals surface area contributed by atoms with Crippen molar-refractivity contribution in [1.29, 1.82) is 0 Å². The quantitative estimate of drug-likeness (QED) is 0.813. The fraction of sp³-hybridized carbons (Fsp3) is 0.500. The van der Waals surface area contributed by atoms with Gasteiger partial charge in [-0.25, -0.2) is 4.98 Å². The molecule has 1 fully saturated rings. The summed E-state index contributed by atoms with van der Waals surface area (Å²) in [5.74, 6) is 2.52. The lowest BCUT2D eigenvalue weighted by molar-refractivity contribution is -0.117. The molecule has 1 aliphatic heterocycles. The standard InChI is InChI=1S/C20H27N3O2.ClH/c1-13(16-7-9-21-10-8-16)11-19(24)23-18-6-4-5-17(12-18)20-22-14(2)15(3)25-20;/h4-6,12-13,16,21H,7-11H2,1-3H3,(H,23,24);1H. The summed E-state index contributed by atoms with van der Waals surface area (Å²) in [5.41, 5.74) is 2.55. The third-order valence-corrected chi connectivity index (χ3v) is 5.12. The first kappa shape index (κ1) is 20.5. The van der Waals surface area contributed by atoms with Crippen LogP contribution in [-0.4, -0.2) is 24.0 Å². The van der Waals surface area contributed by atoms with Crippen molar-refractivity contribution in [3.8, 4) is 11.5 Å². The molecule has 1 unspecified atom stereocenters. The van der Waals surface area contributed by atoms with Gasteiger partial charge < -0.3 is 15.1 Å². The highest BCUT2D eigenvalue weighted by Gasteiger charge is 2.22. The molecule has 0 saturated carbocycles. The minimum atomic E-state index is 0. The van der Waals surface area contributed by atoms with Gasteiger partial charge in [-0.05, 0) is 69.8 Å². The molecule has 3 rings (SSSR count). The maximum Gasteiger partial charge on any atom is 0.226 e. The minimum Gasteiger partial charge on any atom is -0.441 e. The first-order valence-electron chi connectivity index (χ1n) is 9.08. The van der Waals surface area contributed by atoms with E-state index in [1.807, 2.05) is 38.1 Å². The fourth-order valence-corrected chi connectivity index (χ4v) is 3.41. The van der Waals surface area contributed by atoms with Crippen molar-refractivity contribution in [2.75, 3.05) is 18.4 Å². The number of rotatable bonds is 5. The van der Waals surface area contributed by atoms with E-state index in [0.29, 0.717) is 24.1 Å². The zero-order valence-electron chi connectivity index (χ0n) is 15.7. The minimum absolute atomic E-state index is 0. The zero-order valence-corrected chi connectivity index (χ0v) is 16.5. The van der Waals surface area contributed by atoms with E-state index in [-0.39, 0.29) is 18.3 Å². The van der Waals surface area contributed by atoms with Crippen molar-refractivity contribution < 1.29 is 9.21 Å². The Kier molecular flexibility index (Phi) is 7.23. The van der Waals surface area contributed by atoms with Crippen LogP contribution in [0.5, 0.6) is 0 Å². The van der Waals surface area contributed by atoms with Gasteiger partial charge in [-0.1, -0.05) is 13.0 Å². The lowest BCUT2D eigenvalue weighted by Gasteiger charge is -2.27. The molecule has 2 aromatic rings. The SMILES string of the molecule is Cc1nc(-c2cccc(NC(=O)CC(C)C3CCNCC3)c2)oc1C.Cl. The second-order valence-electron chi connectivity index (χ2n) is 7.06. The Bertz CT molecular complexity index is 719. The molecule has 1 aromatic heterocycles. The highest BCUT2D eigenvalue weighted by atomic mass is 35.5. The molecule has 142 valence electrons. The average molecular weight is 378 g/mol. The van der Waals surface area contributed by atoms with Gasteiger partial charge in [0, 0.05) is 17.7 Å². The van der Waals surface area contributed by atoms with Crippen molar-refractivity contribution in [3.05, 3.63) is 35.7 Å². The van der Waals surface area contributed by atoms with Crippen molar-refractivity contribution >= 4 is 24.0 Å². The summed E-state index contributed by atoms with van der Waals surface area (Å²) in [6.45, 7) is 8.14. The molecular formula is C20H28ClN3O2. The summed E-state index contributed by atoms with van der Waals surface area (Å²) in [6.07, 6.45) is 2.88. The normalized spacial score (nSPS) is 16.0. The van der Waals surface area contributed by atoms with E-state index in [1.165, 1.54) is 0 Å². The average Bonchev–Trinajstić information content (AvgIpc) is 2.95. The molecule has 6 heteroatoms. The summed E-state index contributed by atoms with van der Waals surface area (Å²) < 4.78 is 5.67. The van der Waals surface area contributed by atoms with Gasteiger partial charge in [0.2, 0.25) is 11.8 Å². The highest BCUT2D eigenvalue weighted by molar-refractivity contribution is 5.91. The molecule has 0 aliphatic carbocycles.